The van der Waals surface area contributed by atoms with E-state index in [1.165, 1.54) is 0 Å². The average molecular weight is 389 g/mol. The van der Waals surface area contributed by atoms with E-state index in [1.54, 1.807) is 19.4 Å². The molecule has 1 atom stereocenters. The highest BCUT2D eigenvalue weighted by molar-refractivity contribution is 5.77. The Balaban J connectivity index is 1.66. The van der Waals surface area contributed by atoms with Crippen LogP contribution in [0.15, 0.2) is 71.6 Å². The van der Waals surface area contributed by atoms with Crippen molar-refractivity contribution in [2.24, 2.45) is 0 Å². The van der Waals surface area contributed by atoms with Crippen molar-refractivity contribution < 1.29 is 13.9 Å². The van der Waals surface area contributed by atoms with Gasteiger partial charge in [0.05, 0.1) is 25.6 Å². The van der Waals surface area contributed by atoms with Gasteiger partial charge in [-0.25, -0.2) is 4.98 Å². The van der Waals surface area contributed by atoms with Gasteiger partial charge < -0.3 is 18.9 Å². The van der Waals surface area contributed by atoms with Gasteiger partial charge in [-0.15, -0.1) is 0 Å². The zero-order chi connectivity index (χ0) is 20.2. The number of aromatic nitrogens is 2. The van der Waals surface area contributed by atoms with Gasteiger partial charge >= 0.3 is 0 Å². The molecule has 0 spiro atoms. The zero-order valence-corrected chi connectivity index (χ0v) is 16.5. The maximum Gasteiger partial charge on any atom is 0.221 e. The molecule has 148 valence electrons. The average Bonchev–Trinajstić information content (AvgIpc) is 3.41. The number of hydrogen-bond donors (Lipinski definition) is 1. The van der Waals surface area contributed by atoms with Crippen molar-refractivity contribution >= 4 is 11.6 Å². The maximum absolute atomic E-state index is 12.8. The summed E-state index contributed by atoms with van der Waals surface area (Å²) >= 11 is 0. The highest BCUT2D eigenvalue weighted by atomic mass is 16.5. The van der Waals surface area contributed by atoms with Crippen molar-refractivity contribution in [1.82, 2.24) is 14.7 Å². The number of carbonyl (C=O) groups excluding carboxylic acids is 1. The van der Waals surface area contributed by atoms with E-state index in [9.17, 15) is 4.79 Å². The van der Waals surface area contributed by atoms with Crippen molar-refractivity contribution in [1.29, 1.82) is 0 Å². The highest BCUT2D eigenvalue weighted by Gasteiger charge is 2.23. The van der Waals surface area contributed by atoms with Crippen molar-refractivity contribution in [2.45, 2.75) is 25.8 Å². The summed E-state index contributed by atoms with van der Waals surface area (Å²) in [6, 6.07) is 15.5. The number of ether oxygens (including phenoxy) is 1. The minimum atomic E-state index is -0.168. The monoisotopic (exact) mass is 389 g/mol. The first kappa shape index (κ1) is 18.8. The number of fused-ring (bicyclic) bond motifs is 1. The third-order valence-electron chi connectivity index (χ3n) is 5.04. The molecule has 1 unspecified atom stereocenters. The van der Waals surface area contributed by atoms with Crippen LogP contribution in [0.5, 0.6) is 5.75 Å². The Bertz CT molecular complexity index is 1120. The molecule has 3 heterocycles. The molecule has 6 nitrogen and oxygen atoms in total. The third kappa shape index (κ3) is 4.01. The summed E-state index contributed by atoms with van der Waals surface area (Å²) in [6.45, 7) is 2.39. The molecule has 0 bridgehead atoms. The second kappa shape index (κ2) is 8.22. The van der Waals surface area contributed by atoms with Crippen molar-refractivity contribution in [3.63, 3.8) is 0 Å². The second-order valence-electron chi connectivity index (χ2n) is 6.96. The van der Waals surface area contributed by atoms with E-state index >= 15 is 0 Å². The van der Waals surface area contributed by atoms with Crippen LogP contribution < -0.4 is 10.1 Å². The first-order chi connectivity index (χ1) is 14.2. The van der Waals surface area contributed by atoms with E-state index in [2.05, 4.69) is 14.7 Å². The molecule has 1 aromatic carbocycles. The second-order valence-corrected chi connectivity index (χ2v) is 6.96. The quantitative estimate of drug-likeness (QED) is 0.517. The summed E-state index contributed by atoms with van der Waals surface area (Å²) < 4.78 is 12.8. The lowest BCUT2D eigenvalue weighted by atomic mass is 9.92. The fourth-order valence-electron chi connectivity index (χ4n) is 3.54. The van der Waals surface area contributed by atoms with Crippen LogP contribution in [0, 0.1) is 6.92 Å². The molecule has 1 amide bonds. The van der Waals surface area contributed by atoms with Crippen LogP contribution in [0.4, 0.5) is 0 Å². The minimum absolute atomic E-state index is 0.0585. The van der Waals surface area contributed by atoms with E-state index in [0.717, 1.165) is 34.0 Å². The Labute approximate surface area is 169 Å². The molecular formula is C23H23N3O3. The number of hydrogen-bond acceptors (Lipinski definition) is 4. The number of nitrogens with zero attached hydrogens (tertiary/aromatic N) is 2. The Morgan fingerprint density at radius 1 is 1.24 bits per heavy atom. The molecular weight excluding hydrogens is 366 g/mol. The number of amides is 1. The highest BCUT2D eigenvalue weighted by Crippen LogP contribution is 2.31. The minimum Gasteiger partial charge on any atom is -0.497 e. The van der Waals surface area contributed by atoms with Crippen LogP contribution in [0.25, 0.3) is 5.65 Å². The molecule has 1 N–H and O–H groups in total. The van der Waals surface area contributed by atoms with Gasteiger partial charge in [0.1, 0.15) is 17.2 Å². The normalized spacial score (nSPS) is 12.1. The SMILES string of the molecule is COc1cccc(C(CC(=O)NCc2ccco2)c2cnc3c(C)cccn23)c1. The van der Waals surface area contributed by atoms with Gasteiger partial charge in [-0.1, -0.05) is 18.2 Å². The third-order valence-corrected chi connectivity index (χ3v) is 5.04. The van der Waals surface area contributed by atoms with Crippen LogP contribution in [0.2, 0.25) is 0 Å². The summed E-state index contributed by atoms with van der Waals surface area (Å²) in [7, 11) is 1.64. The molecule has 0 aliphatic carbocycles. The molecule has 4 rings (SSSR count). The largest absolute Gasteiger partial charge is 0.497 e. The predicted octanol–water partition coefficient (Wildman–Crippen LogP) is 4.08. The van der Waals surface area contributed by atoms with E-state index < -0.39 is 0 Å². The lowest BCUT2D eigenvalue weighted by Crippen LogP contribution is -2.25. The molecule has 4 aromatic rings. The van der Waals surface area contributed by atoms with E-state index in [0.29, 0.717) is 6.54 Å². The Kier molecular flexibility index (Phi) is 5.33. The Hall–Kier alpha value is -3.54. The van der Waals surface area contributed by atoms with Crippen molar-refractivity contribution in [3.05, 3.63) is 89.8 Å². The van der Waals surface area contributed by atoms with Gasteiger partial charge in [0, 0.05) is 24.7 Å². The zero-order valence-electron chi connectivity index (χ0n) is 16.5. The first-order valence-corrected chi connectivity index (χ1v) is 9.51. The number of aryl methyl sites for hydroxylation is 1. The van der Waals surface area contributed by atoms with E-state index in [1.807, 2.05) is 61.8 Å². The number of rotatable bonds is 7. The fraction of sp³-hybridized carbons (Fsp3) is 0.217. The lowest BCUT2D eigenvalue weighted by Gasteiger charge is -2.18. The summed E-state index contributed by atoms with van der Waals surface area (Å²) in [5, 5.41) is 2.94. The molecule has 3 aromatic heterocycles. The van der Waals surface area contributed by atoms with Gasteiger partial charge in [0.15, 0.2) is 0 Å². The number of carbonyl (C=O) groups is 1. The van der Waals surface area contributed by atoms with Gasteiger partial charge in [0.2, 0.25) is 5.91 Å². The molecule has 0 radical (unpaired) electrons. The molecule has 0 aliphatic heterocycles. The summed E-state index contributed by atoms with van der Waals surface area (Å²) in [4.78, 5) is 17.3. The fourth-order valence-corrected chi connectivity index (χ4v) is 3.54. The summed E-state index contributed by atoms with van der Waals surface area (Å²) in [5.74, 6) is 1.26. The van der Waals surface area contributed by atoms with Crippen LogP contribution >= 0.6 is 0 Å². The van der Waals surface area contributed by atoms with Crippen LogP contribution in [0.3, 0.4) is 0 Å². The number of pyridine rings is 1. The van der Waals surface area contributed by atoms with E-state index in [-0.39, 0.29) is 18.2 Å². The smallest absolute Gasteiger partial charge is 0.221 e. The van der Waals surface area contributed by atoms with Gasteiger partial charge in [-0.05, 0) is 48.4 Å². The molecule has 0 saturated heterocycles. The van der Waals surface area contributed by atoms with Crippen LogP contribution in [-0.2, 0) is 11.3 Å². The van der Waals surface area contributed by atoms with E-state index in [4.69, 9.17) is 9.15 Å². The molecule has 0 aliphatic rings. The van der Waals surface area contributed by atoms with Gasteiger partial charge in [-0.3, -0.25) is 4.79 Å². The number of nitrogens with one attached hydrogen (secondary N) is 1. The van der Waals surface area contributed by atoms with Crippen LogP contribution in [-0.4, -0.2) is 22.4 Å². The molecule has 0 saturated carbocycles. The molecule has 29 heavy (non-hydrogen) atoms. The number of furan rings is 1. The van der Waals surface area contributed by atoms with Crippen LogP contribution in [0.1, 0.15) is 34.9 Å². The Morgan fingerprint density at radius 3 is 2.93 bits per heavy atom. The van der Waals surface area contributed by atoms with Crippen molar-refractivity contribution in [2.75, 3.05) is 7.11 Å². The number of methoxy groups -OCH3 is 1. The number of benzene rings is 1. The summed E-state index contributed by atoms with van der Waals surface area (Å²) in [5.41, 5.74) is 3.95. The number of imidazole rings is 1. The predicted molar refractivity (Wildman–Crippen MR) is 110 cm³/mol. The standard InChI is InChI=1S/C23H23N3O3/c1-16-6-4-10-26-21(15-25-23(16)26)20(17-7-3-8-18(12-17)28-2)13-22(27)24-14-19-9-5-11-29-19/h3-12,15,20H,13-14H2,1-2H3,(H,24,27). The van der Waals surface area contributed by atoms with Crippen molar-refractivity contribution in [3.8, 4) is 5.75 Å². The summed E-state index contributed by atoms with van der Waals surface area (Å²) in [6.07, 6.45) is 5.72. The topological polar surface area (TPSA) is 68.8 Å². The molecule has 6 heteroatoms. The van der Waals surface area contributed by atoms with Gasteiger partial charge in [-0.2, -0.15) is 0 Å². The van der Waals surface area contributed by atoms with Gasteiger partial charge in [0.25, 0.3) is 0 Å². The maximum atomic E-state index is 12.8. The first-order valence-electron chi connectivity index (χ1n) is 9.51. The lowest BCUT2D eigenvalue weighted by molar-refractivity contribution is -0.121. The molecule has 0 fully saturated rings. The Morgan fingerprint density at radius 2 is 2.14 bits per heavy atom.